The van der Waals surface area contributed by atoms with Gasteiger partial charge in [0.05, 0.1) is 6.42 Å². The molecule has 0 saturated carbocycles. The van der Waals surface area contributed by atoms with Gasteiger partial charge in [-0.05, 0) is 36.4 Å². The lowest BCUT2D eigenvalue weighted by molar-refractivity contribution is -0.122. The Morgan fingerprint density at radius 1 is 0.655 bits per heavy atom. The highest BCUT2D eigenvalue weighted by Crippen LogP contribution is 2.10. The molecule has 6 heteroatoms. The van der Waals surface area contributed by atoms with Crippen LogP contribution in [0, 0.1) is 0 Å². The molecule has 0 unspecified atom stereocenters. The number of hydrogen-bond acceptors (Lipinski definition) is 3. The van der Waals surface area contributed by atoms with Crippen LogP contribution in [0.25, 0.3) is 0 Å². The molecule has 1 atom stereocenters. The minimum absolute atomic E-state index is 0.202. The van der Waals surface area contributed by atoms with Crippen LogP contribution in [0.5, 0.6) is 0 Å². The van der Waals surface area contributed by atoms with E-state index < -0.39 is 17.9 Å². The van der Waals surface area contributed by atoms with Gasteiger partial charge in [-0.3, -0.25) is 14.4 Å². The first-order valence-corrected chi connectivity index (χ1v) is 9.18. The lowest BCUT2D eigenvalue weighted by Gasteiger charge is -2.18. The van der Waals surface area contributed by atoms with Crippen molar-refractivity contribution in [3.8, 4) is 0 Å². The second-order valence-corrected chi connectivity index (χ2v) is 6.37. The van der Waals surface area contributed by atoms with E-state index in [1.807, 2.05) is 12.1 Å². The predicted molar refractivity (Wildman–Crippen MR) is 112 cm³/mol. The predicted octanol–water partition coefficient (Wildman–Crippen LogP) is 3.45. The van der Waals surface area contributed by atoms with Crippen molar-refractivity contribution in [2.75, 3.05) is 10.6 Å². The van der Waals surface area contributed by atoms with Crippen molar-refractivity contribution in [3.63, 3.8) is 0 Å². The van der Waals surface area contributed by atoms with E-state index in [-0.39, 0.29) is 12.3 Å². The Labute approximate surface area is 169 Å². The van der Waals surface area contributed by atoms with E-state index in [0.717, 1.165) is 0 Å². The number of hydrogen-bond donors (Lipinski definition) is 3. The van der Waals surface area contributed by atoms with Gasteiger partial charge >= 0.3 is 0 Å². The van der Waals surface area contributed by atoms with Crippen molar-refractivity contribution < 1.29 is 14.4 Å². The number of carbonyl (C=O) groups excluding carboxylic acids is 3. The van der Waals surface area contributed by atoms with Crippen LogP contribution in [0.4, 0.5) is 11.4 Å². The number of benzene rings is 3. The van der Waals surface area contributed by atoms with E-state index in [2.05, 4.69) is 16.0 Å². The summed E-state index contributed by atoms with van der Waals surface area (Å²) >= 11 is 0. The number of anilines is 2. The summed E-state index contributed by atoms with van der Waals surface area (Å²) in [5.74, 6) is -1.27. The van der Waals surface area contributed by atoms with E-state index in [1.165, 1.54) is 0 Å². The third kappa shape index (κ3) is 6.04. The van der Waals surface area contributed by atoms with Crippen LogP contribution in [0.3, 0.4) is 0 Å². The average molecular weight is 387 g/mol. The molecule has 3 rings (SSSR count). The van der Waals surface area contributed by atoms with E-state index in [0.29, 0.717) is 16.9 Å². The molecule has 0 fully saturated rings. The van der Waals surface area contributed by atoms with Crippen LogP contribution in [0.1, 0.15) is 16.8 Å². The Hall–Kier alpha value is -3.93. The van der Waals surface area contributed by atoms with Gasteiger partial charge < -0.3 is 16.0 Å². The zero-order valence-corrected chi connectivity index (χ0v) is 15.7. The zero-order valence-electron chi connectivity index (χ0n) is 15.7. The largest absolute Gasteiger partial charge is 0.340 e. The Balaban J connectivity index is 1.72. The number of nitrogens with one attached hydrogen (secondary N) is 3. The molecule has 0 aliphatic rings. The number of para-hydroxylation sites is 2. The van der Waals surface area contributed by atoms with Crippen molar-refractivity contribution in [2.24, 2.45) is 0 Å². The highest BCUT2D eigenvalue weighted by atomic mass is 16.2. The molecule has 0 spiro atoms. The normalized spacial score (nSPS) is 11.2. The molecule has 3 aromatic carbocycles. The van der Waals surface area contributed by atoms with Crippen molar-refractivity contribution in [3.05, 3.63) is 96.6 Å². The van der Waals surface area contributed by atoms with Gasteiger partial charge in [0, 0.05) is 16.9 Å². The number of amides is 3. The van der Waals surface area contributed by atoms with Crippen LogP contribution >= 0.6 is 0 Å². The quantitative estimate of drug-likeness (QED) is 0.580. The van der Waals surface area contributed by atoms with E-state index in [1.54, 1.807) is 78.9 Å². The van der Waals surface area contributed by atoms with Crippen molar-refractivity contribution >= 4 is 29.1 Å². The molecule has 0 aromatic heterocycles. The van der Waals surface area contributed by atoms with Crippen LogP contribution in [-0.4, -0.2) is 23.8 Å². The molecule has 0 bridgehead atoms. The van der Waals surface area contributed by atoms with Gasteiger partial charge in [-0.15, -0.1) is 0 Å². The standard InChI is InChI=1S/C23H21N3O3/c27-21(24-18-12-6-2-7-13-18)16-20(23(29)25-19-14-8-3-9-15-19)26-22(28)17-10-4-1-5-11-17/h1-15,20H,16H2,(H,24,27)(H,25,29)(H,26,28)/t20-/m1/s1. The lowest BCUT2D eigenvalue weighted by atomic mass is 10.1. The first kappa shape index (κ1) is 19.8. The summed E-state index contributed by atoms with van der Waals surface area (Å²) in [4.78, 5) is 37.7. The van der Waals surface area contributed by atoms with Crippen LogP contribution in [0.2, 0.25) is 0 Å². The summed E-state index contributed by atoms with van der Waals surface area (Å²) in [6, 6.07) is 25.3. The maximum absolute atomic E-state index is 12.8. The molecule has 0 aliphatic heterocycles. The summed E-state index contributed by atoms with van der Waals surface area (Å²) in [7, 11) is 0. The van der Waals surface area contributed by atoms with Crippen molar-refractivity contribution in [1.82, 2.24) is 5.32 Å². The molecule has 146 valence electrons. The van der Waals surface area contributed by atoms with Gasteiger partial charge in [0.15, 0.2) is 0 Å². The maximum atomic E-state index is 12.8. The van der Waals surface area contributed by atoms with Gasteiger partial charge in [0.2, 0.25) is 11.8 Å². The minimum Gasteiger partial charge on any atom is -0.340 e. The summed E-state index contributed by atoms with van der Waals surface area (Å²) in [6.45, 7) is 0. The van der Waals surface area contributed by atoms with Crippen LogP contribution in [0.15, 0.2) is 91.0 Å². The Kier molecular flexibility index (Phi) is 6.73. The molecule has 0 heterocycles. The van der Waals surface area contributed by atoms with Gasteiger partial charge in [-0.1, -0.05) is 54.6 Å². The molecule has 0 aliphatic carbocycles. The molecule has 29 heavy (non-hydrogen) atoms. The van der Waals surface area contributed by atoms with Crippen LogP contribution in [-0.2, 0) is 9.59 Å². The molecule has 0 radical (unpaired) electrons. The summed E-state index contributed by atoms with van der Waals surface area (Å²) in [5.41, 5.74) is 1.61. The SMILES string of the molecule is O=C(C[C@@H](NC(=O)c1ccccc1)C(=O)Nc1ccccc1)Nc1ccccc1. The van der Waals surface area contributed by atoms with Gasteiger partial charge in [-0.2, -0.15) is 0 Å². The highest BCUT2D eigenvalue weighted by molar-refractivity contribution is 6.04. The average Bonchev–Trinajstić information content (AvgIpc) is 2.75. The second-order valence-electron chi connectivity index (χ2n) is 6.37. The summed E-state index contributed by atoms with van der Waals surface area (Å²) in [6.07, 6.45) is -0.202. The zero-order chi connectivity index (χ0) is 20.5. The van der Waals surface area contributed by atoms with E-state index in [4.69, 9.17) is 0 Å². The molecular formula is C23H21N3O3. The van der Waals surface area contributed by atoms with Crippen LogP contribution < -0.4 is 16.0 Å². The molecule has 0 saturated heterocycles. The Morgan fingerprint density at radius 2 is 1.14 bits per heavy atom. The third-order valence-electron chi connectivity index (χ3n) is 4.15. The summed E-state index contributed by atoms with van der Waals surface area (Å²) < 4.78 is 0. The highest BCUT2D eigenvalue weighted by Gasteiger charge is 2.24. The molecule has 3 aromatic rings. The molecule has 3 N–H and O–H groups in total. The maximum Gasteiger partial charge on any atom is 0.251 e. The number of rotatable bonds is 7. The third-order valence-corrected chi connectivity index (χ3v) is 4.15. The molecule has 3 amide bonds. The minimum atomic E-state index is -1.04. The Bertz CT molecular complexity index is 960. The fourth-order valence-electron chi connectivity index (χ4n) is 2.71. The first-order chi connectivity index (χ1) is 14.1. The monoisotopic (exact) mass is 387 g/mol. The summed E-state index contributed by atoms with van der Waals surface area (Å²) in [5, 5.41) is 8.13. The first-order valence-electron chi connectivity index (χ1n) is 9.18. The second kappa shape index (κ2) is 9.85. The van der Waals surface area contributed by atoms with Gasteiger partial charge in [-0.25, -0.2) is 0 Å². The molecular weight excluding hydrogens is 366 g/mol. The fraction of sp³-hybridized carbons (Fsp3) is 0.0870. The van der Waals surface area contributed by atoms with Gasteiger partial charge in [0.1, 0.15) is 6.04 Å². The topological polar surface area (TPSA) is 87.3 Å². The smallest absolute Gasteiger partial charge is 0.251 e. The Morgan fingerprint density at radius 3 is 1.69 bits per heavy atom. The fourth-order valence-corrected chi connectivity index (χ4v) is 2.71. The molecule has 6 nitrogen and oxygen atoms in total. The van der Waals surface area contributed by atoms with Crippen molar-refractivity contribution in [2.45, 2.75) is 12.5 Å². The number of carbonyl (C=O) groups is 3. The van der Waals surface area contributed by atoms with Crippen molar-refractivity contribution in [1.29, 1.82) is 0 Å². The van der Waals surface area contributed by atoms with E-state index >= 15 is 0 Å². The van der Waals surface area contributed by atoms with E-state index in [9.17, 15) is 14.4 Å². The lowest BCUT2D eigenvalue weighted by Crippen LogP contribution is -2.45. The van der Waals surface area contributed by atoms with Gasteiger partial charge in [0.25, 0.3) is 5.91 Å².